The molecule has 0 bridgehead atoms. The Kier molecular flexibility index (Phi) is 3.57. The molecule has 1 unspecified atom stereocenters. The van der Waals surface area contributed by atoms with Gasteiger partial charge in [-0.05, 0) is 46.0 Å². The van der Waals surface area contributed by atoms with E-state index in [4.69, 9.17) is 4.98 Å². The maximum absolute atomic E-state index is 4.79. The van der Waals surface area contributed by atoms with Gasteiger partial charge in [-0.3, -0.25) is 0 Å². The van der Waals surface area contributed by atoms with E-state index in [0.717, 1.165) is 12.6 Å². The summed E-state index contributed by atoms with van der Waals surface area (Å²) in [6.45, 7) is 6.68. The highest BCUT2D eigenvalue weighted by molar-refractivity contribution is 7.15. The molecule has 1 aromatic heterocycles. The molecule has 4 heteroatoms. The molecule has 2 aliphatic rings. The first-order valence-corrected chi connectivity index (χ1v) is 8.02. The predicted octanol–water partition coefficient (Wildman–Crippen LogP) is 3.08. The number of anilines is 1. The molecule has 100 valence electrons. The molecule has 18 heavy (non-hydrogen) atoms. The summed E-state index contributed by atoms with van der Waals surface area (Å²) < 4.78 is 0. The van der Waals surface area contributed by atoms with Crippen LogP contribution >= 0.6 is 11.3 Å². The van der Waals surface area contributed by atoms with Crippen LogP contribution in [0.25, 0.3) is 0 Å². The normalized spacial score (nSPS) is 24.6. The van der Waals surface area contributed by atoms with Crippen molar-refractivity contribution in [2.75, 3.05) is 11.4 Å². The largest absolute Gasteiger partial charge is 0.345 e. The highest BCUT2D eigenvalue weighted by atomic mass is 32.1. The highest BCUT2D eigenvalue weighted by Gasteiger charge is 2.24. The summed E-state index contributed by atoms with van der Waals surface area (Å²) in [7, 11) is 0. The fraction of sp³-hybridized carbons (Fsp3) is 0.786. The summed E-state index contributed by atoms with van der Waals surface area (Å²) in [6, 6.07) is 1.44. The SMILES string of the molecule is Cc1nc(N2CCCCC2C)sc1CNC1CC1. The Labute approximate surface area is 114 Å². The number of aryl methyl sites for hydroxylation is 1. The van der Waals surface area contributed by atoms with E-state index in [1.54, 1.807) is 0 Å². The van der Waals surface area contributed by atoms with E-state index >= 15 is 0 Å². The predicted molar refractivity (Wildman–Crippen MR) is 77.4 cm³/mol. The molecule has 1 saturated heterocycles. The molecule has 0 aromatic carbocycles. The number of nitrogens with zero attached hydrogens (tertiary/aromatic N) is 2. The van der Waals surface area contributed by atoms with Crippen LogP contribution < -0.4 is 10.2 Å². The van der Waals surface area contributed by atoms with Gasteiger partial charge < -0.3 is 10.2 Å². The zero-order chi connectivity index (χ0) is 12.5. The van der Waals surface area contributed by atoms with E-state index in [1.165, 1.54) is 54.4 Å². The standard InChI is InChI=1S/C14H23N3S/c1-10-5-3-4-8-17(10)14-16-11(2)13(18-14)9-15-12-6-7-12/h10,12,15H,3-9H2,1-2H3. The minimum atomic E-state index is 0.661. The lowest BCUT2D eigenvalue weighted by atomic mass is 10.1. The van der Waals surface area contributed by atoms with Crippen LogP contribution in [0.4, 0.5) is 5.13 Å². The third kappa shape index (κ3) is 2.69. The number of piperidine rings is 1. The molecular weight excluding hydrogens is 242 g/mol. The quantitative estimate of drug-likeness (QED) is 0.907. The number of rotatable bonds is 4. The van der Waals surface area contributed by atoms with E-state index in [1.807, 2.05) is 11.3 Å². The Morgan fingerprint density at radius 2 is 2.17 bits per heavy atom. The van der Waals surface area contributed by atoms with Gasteiger partial charge in [-0.1, -0.05) is 0 Å². The third-order valence-electron chi connectivity index (χ3n) is 4.06. The van der Waals surface area contributed by atoms with Crippen molar-refractivity contribution in [2.45, 2.75) is 64.6 Å². The van der Waals surface area contributed by atoms with E-state index in [-0.39, 0.29) is 0 Å². The van der Waals surface area contributed by atoms with Crippen LogP contribution in [0.5, 0.6) is 0 Å². The molecule has 1 saturated carbocycles. The van der Waals surface area contributed by atoms with Gasteiger partial charge in [0.05, 0.1) is 5.69 Å². The average Bonchev–Trinajstić information content (AvgIpc) is 3.11. The Bertz CT molecular complexity index is 411. The topological polar surface area (TPSA) is 28.2 Å². The van der Waals surface area contributed by atoms with Crippen LogP contribution in [0.3, 0.4) is 0 Å². The van der Waals surface area contributed by atoms with Gasteiger partial charge in [0.1, 0.15) is 0 Å². The molecule has 1 aromatic rings. The molecule has 3 nitrogen and oxygen atoms in total. The Balaban J connectivity index is 1.69. The first-order chi connectivity index (χ1) is 8.74. The van der Waals surface area contributed by atoms with E-state index in [9.17, 15) is 0 Å². The van der Waals surface area contributed by atoms with Crippen LogP contribution in [0, 0.1) is 6.92 Å². The van der Waals surface area contributed by atoms with Gasteiger partial charge >= 0.3 is 0 Å². The molecule has 0 radical (unpaired) electrons. The molecule has 2 heterocycles. The molecule has 0 amide bonds. The average molecular weight is 265 g/mol. The monoisotopic (exact) mass is 265 g/mol. The van der Waals surface area contributed by atoms with E-state index in [2.05, 4.69) is 24.1 Å². The second-order valence-corrected chi connectivity index (χ2v) is 6.76. The van der Waals surface area contributed by atoms with Crippen molar-refractivity contribution in [3.8, 4) is 0 Å². The van der Waals surface area contributed by atoms with Crippen molar-refractivity contribution in [1.82, 2.24) is 10.3 Å². The summed E-state index contributed by atoms with van der Waals surface area (Å²) in [6.07, 6.45) is 6.72. The van der Waals surface area contributed by atoms with E-state index < -0.39 is 0 Å². The molecule has 1 N–H and O–H groups in total. The Hall–Kier alpha value is -0.610. The first kappa shape index (κ1) is 12.4. The van der Waals surface area contributed by atoms with Gasteiger partial charge in [0.25, 0.3) is 0 Å². The minimum absolute atomic E-state index is 0.661. The number of hydrogen-bond donors (Lipinski definition) is 1. The fourth-order valence-corrected chi connectivity index (χ4v) is 3.75. The van der Waals surface area contributed by atoms with Crippen LogP contribution in [-0.4, -0.2) is 23.6 Å². The van der Waals surface area contributed by atoms with Crippen molar-refractivity contribution >= 4 is 16.5 Å². The van der Waals surface area contributed by atoms with Crippen molar-refractivity contribution in [3.05, 3.63) is 10.6 Å². The maximum atomic E-state index is 4.79. The van der Waals surface area contributed by atoms with Crippen LogP contribution in [0.15, 0.2) is 0 Å². The van der Waals surface area contributed by atoms with Crippen molar-refractivity contribution in [2.24, 2.45) is 0 Å². The molecule has 0 spiro atoms. The molecular formula is C14H23N3S. The van der Waals surface area contributed by atoms with Crippen molar-refractivity contribution in [3.63, 3.8) is 0 Å². The summed E-state index contributed by atoms with van der Waals surface area (Å²) in [5.41, 5.74) is 1.22. The van der Waals surface area contributed by atoms with Gasteiger partial charge in [0.15, 0.2) is 5.13 Å². The lowest BCUT2D eigenvalue weighted by molar-refractivity contribution is 0.484. The van der Waals surface area contributed by atoms with Gasteiger partial charge in [0, 0.05) is 30.1 Å². The van der Waals surface area contributed by atoms with Crippen LogP contribution in [-0.2, 0) is 6.54 Å². The lowest BCUT2D eigenvalue weighted by Crippen LogP contribution is -2.37. The van der Waals surface area contributed by atoms with Crippen LogP contribution in [0.2, 0.25) is 0 Å². The zero-order valence-electron chi connectivity index (χ0n) is 11.4. The summed E-state index contributed by atoms with van der Waals surface area (Å²) in [5, 5.41) is 4.84. The lowest BCUT2D eigenvalue weighted by Gasteiger charge is -2.33. The smallest absolute Gasteiger partial charge is 0.186 e. The van der Waals surface area contributed by atoms with Gasteiger partial charge in [-0.2, -0.15) is 0 Å². The fourth-order valence-electron chi connectivity index (χ4n) is 2.61. The molecule has 1 aliphatic carbocycles. The van der Waals surface area contributed by atoms with Gasteiger partial charge in [-0.25, -0.2) is 4.98 Å². The number of hydrogen-bond acceptors (Lipinski definition) is 4. The van der Waals surface area contributed by atoms with Crippen LogP contribution in [0.1, 0.15) is 49.6 Å². The summed E-state index contributed by atoms with van der Waals surface area (Å²) in [5.74, 6) is 0. The maximum Gasteiger partial charge on any atom is 0.186 e. The third-order valence-corrected chi connectivity index (χ3v) is 5.25. The molecule has 2 fully saturated rings. The molecule has 3 rings (SSSR count). The number of thiazole rings is 1. The second-order valence-electron chi connectivity index (χ2n) is 5.70. The highest BCUT2D eigenvalue weighted by Crippen LogP contribution is 2.31. The second kappa shape index (κ2) is 5.17. The summed E-state index contributed by atoms with van der Waals surface area (Å²) >= 11 is 1.89. The van der Waals surface area contributed by atoms with Gasteiger partial charge in [0.2, 0.25) is 0 Å². The number of nitrogens with one attached hydrogen (secondary N) is 1. The Morgan fingerprint density at radius 3 is 2.89 bits per heavy atom. The van der Waals surface area contributed by atoms with Crippen molar-refractivity contribution in [1.29, 1.82) is 0 Å². The van der Waals surface area contributed by atoms with Crippen molar-refractivity contribution < 1.29 is 0 Å². The molecule has 1 aliphatic heterocycles. The zero-order valence-corrected chi connectivity index (χ0v) is 12.2. The van der Waals surface area contributed by atoms with E-state index in [0.29, 0.717) is 6.04 Å². The molecule has 1 atom stereocenters. The Morgan fingerprint density at radius 1 is 1.33 bits per heavy atom. The number of aromatic nitrogens is 1. The summed E-state index contributed by atoms with van der Waals surface area (Å²) in [4.78, 5) is 8.71. The minimum Gasteiger partial charge on any atom is -0.345 e. The first-order valence-electron chi connectivity index (χ1n) is 7.20. The van der Waals surface area contributed by atoms with Gasteiger partial charge in [-0.15, -0.1) is 11.3 Å².